The zero-order valence-corrected chi connectivity index (χ0v) is 15.4. The molecule has 0 spiro atoms. The molecule has 0 aliphatic carbocycles. The second-order valence-corrected chi connectivity index (χ2v) is 6.99. The number of ether oxygens (including phenoxy) is 1. The lowest BCUT2D eigenvalue weighted by atomic mass is 9.97. The van der Waals surface area contributed by atoms with E-state index in [1.54, 1.807) is 0 Å². The van der Waals surface area contributed by atoms with Gasteiger partial charge in [0.1, 0.15) is 12.4 Å². The van der Waals surface area contributed by atoms with Crippen LogP contribution in [0, 0.1) is 0 Å². The van der Waals surface area contributed by atoms with Gasteiger partial charge in [-0.3, -0.25) is 0 Å². The second kappa shape index (κ2) is 7.21. The fraction of sp³-hybridized carbons (Fsp3) is 0.200. The van der Waals surface area contributed by atoms with E-state index in [0.29, 0.717) is 12.5 Å². The van der Waals surface area contributed by atoms with Crippen molar-refractivity contribution >= 4 is 21.5 Å². The Morgan fingerprint density at radius 2 is 1.42 bits per heavy atom. The van der Waals surface area contributed by atoms with Crippen LogP contribution in [0.3, 0.4) is 0 Å². The molecule has 1 nitrogen and oxygen atoms in total. The maximum Gasteiger partial charge on any atom is 0.135 e. The quantitative estimate of drug-likeness (QED) is 0.352. The Morgan fingerprint density at radius 3 is 2.08 bits per heavy atom. The molecule has 1 heteroatoms. The highest BCUT2D eigenvalue weighted by molar-refractivity contribution is 6.05. The zero-order valence-electron chi connectivity index (χ0n) is 15.4. The molecule has 26 heavy (non-hydrogen) atoms. The largest absolute Gasteiger partial charge is 0.488 e. The summed E-state index contributed by atoms with van der Waals surface area (Å²) in [6, 6.07) is 27.9. The monoisotopic (exact) mass is 340 g/mol. The van der Waals surface area contributed by atoms with Crippen molar-refractivity contribution in [1.82, 2.24) is 0 Å². The highest BCUT2D eigenvalue weighted by Gasteiger charge is 2.09. The second-order valence-electron chi connectivity index (χ2n) is 6.99. The predicted octanol–water partition coefficient (Wildman–Crippen LogP) is 7.09. The van der Waals surface area contributed by atoms with Crippen molar-refractivity contribution in [1.29, 1.82) is 0 Å². The van der Waals surface area contributed by atoms with Crippen molar-refractivity contribution in [2.45, 2.75) is 32.8 Å². The Hall–Kier alpha value is -2.80. The van der Waals surface area contributed by atoms with Crippen LogP contribution in [0.15, 0.2) is 78.9 Å². The summed E-state index contributed by atoms with van der Waals surface area (Å²) >= 11 is 0. The minimum absolute atomic E-state index is 0.577. The first-order valence-corrected chi connectivity index (χ1v) is 9.38. The molecule has 0 N–H and O–H groups in total. The lowest BCUT2D eigenvalue weighted by Crippen LogP contribution is -1.99. The van der Waals surface area contributed by atoms with Gasteiger partial charge >= 0.3 is 0 Å². The fourth-order valence-corrected chi connectivity index (χ4v) is 3.51. The van der Waals surface area contributed by atoms with Crippen molar-refractivity contribution in [3.05, 3.63) is 90.0 Å². The van der Waals surface area contributed by atoms with E-state index in [0.717, 1.165) is 12.2 Å². The molecule has 0 aromatic heterocycles. The minimum atomic E-state index is 0.577. The zero-order chi connectivity index (χ0) is 17.9. The maximum atomic E-state index is 6.39. The molecule has 0 aliphatic rings. The molecule has 0 amide bonds. The van der Waals surface area contributed by atoms with Crippen LogP contribution in [-0.4, -0.2) is 0 Å². The molecular formula is C25H24O. The van der Waals surface area contributed by atoms with Crippen molar-refractivity contribution < 1.29 is 4.74 Å². The Morgan fingerprint density at radius 1 is 0.769 bits per heavy atom. The number of hydrogen-bond acceptors (Lipinski definition) is 1. The van der Waals surface area contributed by atoms with Crippen molar-refractivity contribution in [3.8, 4) is 5.75 Å². The standard InChI is InChI=1S/C25H24O/c1-3-18(2)20-12-8-9-19(15-20)17-26-25-23-13-6-4-10-21(23)16-22-11-5-7-14-24(22)25/h4-16,18H,3,17H2,1-2H3. The van der Waals surface area contributed by atoms with E-state index >= 15 is 0 Å². The molecule has 0 radical (unpaired) electrons. The van der Waals surface area contributed by atoms with Gasteiger partial charge in [-0.1, -0.05) is 86.6 Å². The van der Waals surface area contributed by atoms with E-state index in [9.17, 15) is 0 Å². The highest BCUT2D eigenvalue weighted by Crippen LogP contribution is 2.35. The highest BCUT2D eigenvalue weighted by atomic mass is 16.5. The number of benzene rings is 4. The Balaban J connectivity index is 1.72. The van der Waals surface area contributed by atoms with Gasteiger partial charge in [0, 0.05) is 10.8 Å². The smallest absolute Gasteiger partial charge is 0.135 e. The Kier molecular flexibility index (Phi) is 4.62. The summed E-state index contributed by atoms with van der Waals surface area (Å²) in [4.78, 5) is 0. The Bertz CT molecular complexity index is 994. The molecule has 0 saturated heterocycles. The predicted molar refractivity (Wildman–Crippen MR) is 111 cm³/mol. The minimum Gasteiger partial charge on any atom is -0.488 e. The van der Waals surface area contributed by atoms with Gasteiger partial charge in [0.15, 0.2) is 0 Å². The summed E-state index contributed by atoms with van der Waals surface area (Å²) in [6.45, 7) is 5.09. The van der Waals surface area contributed by atoms with Crippen LogP contribution in [0.5, 0.6) is 5.75 Å². The number of hydrogen-bond donors (Lipinski definition) is 0. The van der Waals surface area contributed by atoms with Gasteiger partial charge in [0.05, 0.1) is 0 Å². The molecule has 0 bridgehead atoms. The van der Waals surface area contributed by atoms with E-state index in [1.807, 2.05) is 0 Å². The summed E-state index contributed by atoms with van der Waals surface area (Å²) in [5.74, 6) is 1.56. The molecule has 1 atom stereocenters. The average Bonchev–Trinajstić information content (AvgIpc) is 2.70. The summed E-state index contributed by atoms with van der Waals surface area (Å²) in [5.41, 5.74) is 2.61. The number of fused-ring (bicyclic) bond motifs is 2. The molecule has 4 aromatic carbocycles. The molecule has 0 aliphatic heterocycles. The fourth-order valence-electron chi connectivity index (χ4n) is 3.51. The third-order valence-electron chi connectivity index (χ3n) is 5.24. The SMILES string of the molecule is CCC(C)c1cccc(COc2c3ccccc3cc3ccccc23)c1. The maximum absolute atomic E-state index is 6.39. The third kappa shape index (κ3) is 3.17. The van der Waals surface area contributed by atoms with Crippen molar-refractivity contribution in [2.75, 3.05) is 0 Å². The summed E-state index contributed by atoms with van der Waals surface area (Å²) in [7, 11) is 0. The summed E-state index contributed by atoms with van der Waals surface area (Å²) in [5, 5.41) is 4.78. The van der Waals surface area contributed by atoms with Gasteiger partial charge in [0.2, 0.25) is 0 Å². The molecule has 1 unspecified atom stereocenters. The van der Waals surface area contributed by atoms with Crippen molar-refractivity contribution in [3.63, 3.8) is 0 Å². The van der Waals surface area contributed by atoms with E-state index in [1.165, 1.54) is 32.7 Å². The summed E-state index contributed by atoms with van der Waals surface area (Å²) < 4.78 is 6.39. The van der Waals surface area contributed by atoms with E-state index in [-0.39, 0.29) is 0 Å². The molecule has 130 valence electrons. The molecule has 0 fully saturated rings. The number of rotatable bonds is 5. The lowest BCUT2D eigenvalue weighted by Gasteiger charge is -2.15. The van der Waals surface area contributed by atoms with Crippen LogP contribution < -0.4 is 4.74 Å². The average molecular weight is 340 g/mol. The molecule has 0 saturated carbocycles. The van der Waals surface area contributed by atoms with Gasteiger partial charge in [-0.2, -0.15) is 0 Å². The normalized spacial score (nSPS) is 12.4. The van der Waals surface area contributed by atoms with Gasteiger partial charge in [-0.25, -0.2) is 0 Å². The van der Waals surface area contributed by atoms with Crippen LogP contribution >= 0.6 is 0 Å². The van der Waals surface area contributed by atoms with Gasteiger partial charge in [-0.05, 0) is 40.3 Å². The van der Waals surface area contributed by atoms with Gasteiger partial charge < -0.3 is 4.74 Å². The van der Waals surface area contributed by atoms with Crippen LogP contribution in [0.2, 0.25) is 0 Å². The van der Waals surface area contributed by atoms with Crippen molar-refractivity contribution in [2.24, 2.45) is 0 Å². The van der Waals surface area contributed by atoms with Crippen LogP contribution in [0.4, 0.5) is 0 Å². The van der Waals surface area contributed by atoms with E-state index in [2.05, 4.69) is 92.7 Å². The topological polar surface area (TPSA) is 9.23 Å². The first-order chi connectivity index (χ1) is 12.8. The van der Waals surface area contributed by atoms with E-state index in [4.69, 9.17) is 4.74 Å². The summed E-state index contributed by atoms with van der Waals surface area (Å²) in [6.07, 6.45) is 1.15. The van der Waals surface area contributed by atoms with Gasteiger partial charge in [0.25, 0.3) is 0 Å². The van der Waals surface area contributed by atoms with E-state index < -0.39 is 0 Å². The van der Waals surface area contributed by atoms with Crippen LogP contribution in [0.25, 0.3) is 21.5 Å². The molecular weight excluding hydrogens is 316 g/mol. The first kappa shape index (κ1) is 16.7. The molecule has 4 aromatic rings. The Labute approximate surface area is 155 Å². The first-order valence-electron chi connectivity index (χ1n) is 9.38. The van der Waals surface area contributed by atoms with Crippen LogP contribution in [0.1, 0.15) is 37.3 Å². The molecule has 4 rings (SSSR count). The third-order valence-corrected chi connectivity index (χ3v) is 5.24. The lowest BCUT2D eigenvalue weighted by molar-refractivity contribution is 0.313. The van der Waals surface area contributed by atoms with Crippen LogP contribution in [-0.2, 0) is 6.61 Å². The van der Waals surface area contributed by atoms with Gasteiger partial charge in [-0.15, -0.1) is 0 Å². The molecule has 0 heterocycles.